The summed E-state index contributed by atoms with van der Waals surface area (Å²) in [4.78, 5) is 12.9. The van der Waals surface area contributed by atoms with Crippen LogP contribution in [0.15, 0.2) is 24.3 Å². The van der Waals surface area contributed by atoms with E-state index in [1.165, 1.54) is 0 Å². The molecule has 0 fully saturated rings. The maximum Gasteiger partial charge on any atom is 0.377 e. The van der Waals surface area contributed by atoms with E-state index >= 15 is 0 Å². The number of nitrogens with zero attached hydrogens (tertiary/aromatic N) is 1. The van der Waals surface area contributed by atoms with E-state index in [2.05, 4.69) is 0 Å². The predicted octanol–water partition coefficient (Wildman–Crippen LogP) is 0.781. The molecular formula is C11H14BNO3. The topological polar surface area (TPSA) is 60.8 Å². The van der Waals surface area contributed by atoms with Crippen LogP contribution in [0.1, 0.15) is 17.2 Å². The third kappa shape index (κ3) is 1.84. The molecule has 0 bridgehead atoms. The monoisotopic (exact) mass is 219 g/mol. The molecule has 1 aromatic carbocycles. The Morgan fingerprint density at radius 1 is 1.50 bits per heavy atom. The molecule has 1 unspecified atom stereocenters. The predicted molar refractivity (Wildman–Crippen MR) is 61.1 cm³/mol. The molecule has 0 spiro atoms. The van der Waals surface area contributed by atoms with E-state index in [9.17, 15) is 14.9 Å². The van der Waals surface area contributed by atoms with Gasteiger partial charge in [-0.25, -0.2) is 0 Å². The van der Waals surface area contributed by atoms with E-state index in [4.69, 9.17) is 0 Å². The van der Waals surface area contributed by atoms with Crippen molar-refractivity contribution in [3.63, 3.8) is 0 Å². The molecule has 0 amide bonds. The van der Waals surface area contributed by atoms with Crippen LogP contribution >= 0.6 is 0 Å². The minimum Gasteiger partial charge on any atom is -0.480 e. The number of fused-ring (bicyclic) bond motifs is 1. The van der Waals surface area contributed by atoms with Crippen molar-refractivity contribution in [1.82, 2.24) is 4.81 Å². The second-order valence-electron chi connectivity index (χ2n) is 4.06. The van der Waals surface area contributed by atoms with Crippen LogP contribution in [0, 0.1) is 0 Å². The first-order valence-electron chi connectivity index (χ1n) is 5.35. The Balaban J connectivity index is 2.43. The molecule has 1 aliphatic heterocycles. The Hall–Kier alpha value is -1.33. The van der Waals surface area contributed by atoms with Gasteiger partial charge in [-0.05, 0) is 30.9 Å². The summed E-state index contributed by atoms with van der Waals surface area (Å²) >= 11 is 0. The second kappa shape index (κ2) is 4.27. The van der Waals surface area contributed by atoms with Crippen LogP contribution in [0.2, 0.25) is 6.82 Å². The highest BCUT2D eigenvalue weighted by Crippen LogP contribution is 2.30. The average Bonchev–Trinajstić information content (AvgIpc) is 2.27. The van der Waals surface area contributed by atoms with Gasteiger partial charge >= 0.3 is 13.0 Å². The zero-order chi connectivity index (χ0) is 11.7. The van der Waals surface area contributed by atoms with Gasteiger partial charge in [0.25, 0.3) is 0 Å². The summed E-state index contributed by atoms with van der Waals surface area (Å²) in [7, 11) is -0.741. The number of carbonyl (C=O) groups is 1. The fourth-order valence-electron chi connectivity index (χ4n) is 2.26. The van der Waals surface area contributed by atoms with Gasteiger partial charge in [0.15, 0.2) is 0 Å². The zero-order valence-corrected chi connectivity index (χ0v) is 9.13. The first-order chi connectivity index (χ1) is 7.61. The summed E-state index contributed by atoms with van der Waals surface area (Å²) in [6.07, 6.45) is 0.783. The standard InChI is InChI=1S/C11H14BNO3/c1-12(16)13-7-6-8-4-2-3-5-9(8)10(13)11(14)15/h2-5,10,16H,6-7H2,1H3,(H,14,15). The fourth-order valence-corrected chi connectivity index (χ4v) is 2.26. The molecule has 0 aromatic heterocycles. The molecule has 0 saturated heterocycles. The number of hydrogen-bond acceptors (Lipinski definition) is 3. The van der Waals surface area contributed by atoms with E-state index in [1.54, 1.807) is 11.6 Å². The number of hydrogen-bond donors (Lipinski definition) is 2. The van der Waals surface area contributed by atoms with Gasteiger partial charge in [0.05, 0.1) is 0 Å². The van der Waals surface area contributed by atoms with Gasteiger partial charge in [0.1, 0.15) is 6.04 Å². The van der Waals surface area contributed by atoms with Crippen LogP contribution < -0.4 is 0 Å². The summed E-state index contributed by atoms with van der Waals surface area (Å²) in [5.74, 6) is -0.909. The van der Waals surface area contributed by atoms with E-state index in [1.807, 2.05) is 24.3 Å². The van der Waals surface area contributed by atoms with Crippen LogP contribution in [-0.4, -0.2) is 34.5 Å². The lowest BCUT2D eigenvalue weighted by molar-refractivity contribution is -0.142. The molecule has 0 saturated carbocycles. The number of rotatable bonds is 2. The molecule has 2 N–H and O–H groups in total. The highest BCUT2D eigenvalue weighted by atomic mass is 16.4. The molecule has 0 radical (unpaired) electrons. The van der Waals surface area contributed by atoms with Gasteiger partial charge in [-0.2, -0.15) is 0 Å². The van der Waals surface area contributed by atoms with Crippen LogP contribution in [0.5, 0.6) is 0 Å². The highest BCUT2D eigenvalue weighted by Gasteiger charge is 2.36. The van der Waals surface area contributed by atoms with Crippen LogP contribution in [-0.2, 0) is 11.2 Å². The Morgan fingerprint density at radius 3 is 2.81 bits per heavy atom. The van der Waals surface area contributed by atoms with E-state index in [0.717, 1.165) is 17.5 Å². The molecular weight excluding hydrogens is 205 g/mol. The van der Waals surface area contributed by atoms with Gasteiger partial charge in [-0.1, -0.05) is 24.3 Å². The summed E-state index contributed by atoms with van der Waals surface area (Å²) in [6, 6.07) is 6.79. The van der Waals surface area contributed by atoms with Crippen LogP contribution in [0.3, 0.4) is 0 Å². The van der Waals surface area contributed by atoms with E-state index < -0.39 is 19.1 Å². The summed E-state index contributed by atoms with van der Waals surface area (Å²) in [5, 5.41) is 18.8. The number of carboxylic acids is 1. The van der Waals surface area contributed by atoms with Crippen molar-refractivity contribution in [2.45, 2.75) is 19.3 Å². The molecule has 5 heteroatoms. The Morgan fingerprint density at radius 2 is 2.19 bits per heavy atom. The minimum absolute atomic E-state index is 0.575. The fraction of sp³-hybridized carbons (Fsp3) is 0.364. The van der Waals surface area contributed by atoms with Crippen molar-refractivity contribution < 1.29 is 14.9 Å². The third-order valence-corrected chi connectivity index (χ3v) is 3.03. The first-order valence-corrected chi connectivity index (χ1v) is 5.35. The molecule has 1 heterocycles. The zero-order valence-electron chi connectivity index (χ0n) is 9.13. The number of benzene rings is 1. The Kier molecular flexibility index (Phi) is 2.98. The molecule has 4 nitrogen and oxygen atoms in total. The molecule has 1 aromatic rings. The summed E-state index contributed by atoms with van der Waals surface area (Å²) in [6.45, 7) is 2.18. The SMILES string of the molecule is CB(O)N1CCc2ccccc2C1C(=O)O. The molecule has 1 aliphatic rings. The normalized spacial score (nSPS) is 20.2. The van der Waals surface area contributed by atoms with Crippen LogP contribution in [0.4, 0.5) is 0 Å². The highest BCUT2D eigenvalue weighted by molar-refractivity contribution is 6.45. The molecule has 84 valence electrons. The smallest absolute Gasteiger partial charge is 0.377 e. The molecule has 0 aliphatic carbocycles. The van der Waals surface area contributed by atoms with Gasteiger partial charge in [0.2, 0.25) is 0 Å². The lowest BCUT2D eigenvalue weighted by Crippen LogP contribution is -2.47. The Bertz CT molecular complexity index is 408. The number of aliphatic carboxylic acids is 1. The maximum atomic E-state index is 11.3. The van der Waals surface area contributed by atoms with Crippen molar-refractivity contribution in [3.8, 4) is 0 Å². The average molecular weight is 219 g/mol. The second-order valence-corrected chi connectivity index (χ2v) is 4.06. The largest absolute Gasteiger partial charge is 0.480 e. The van der Waals surface area contributed by atoms with Crippen molar-refractivity contribution in [3.05, 3.63) is 35.4 Å². The first kappa shape index (κ1) is 11.2. The lowest BCUT2D eigenvalue weighted by atomic mass is 9.78. The lowest BCUT2D eigenvalue weighted by Gasteiger charge is -2.35. The molecule has 1 atom stereocenters. The van der Waals surface area contributed by atoms with Crippen molar-refractivity contribution >= 4 is 13.0 Å². The van der Waals surface area contributed by atoms with Crippen molar-refractivity contribution in [2.75, 3.05) is 6.54 Å². The maximum absolute atomic E-state index is 11.3. The van der Waals surface area contributed by atoms with Gasteiger partial charge < -0.3 is 14.9 Å². The number of carboxylic acid groups (broad SMARTS) is 1. The van der Waals surface area contributed by atoms with E-state index in [0.29, 0.717) is 6.54 Å². The van der Waals surface area contributed by atoms with Gasteiger partial charge in [0, 0.05) is 0 Å². The Labute approximate surface area is 94.6 Å². The summed E-state index contributed by atoms with van der Waals surface area (Å²) < 4.78 is 0. The van der Waals surface area contributed by atoms with Crippen molar-refractivity contribution in [2.24, 2.45) is 0 Å². The summed E-state index contributed by atoms with van der Waals surface area (Å²) in [5.41, 5.74) is 1.86. The molecule has 2 rings (SSSR count). The minimum atomic E-state index is -0.909. The molecule has 16 heavy (non-hydrogen) atoms. The van der Waals surface area contributed by atoms with E-state index in [-0.39, 0.29) is 0 Å². The van der Waals surface area contributed by atoms with Crippen LogP contribution in [0.25, 0.3) is 0 Å². The quantitative estimate of drug-likeness (QED) is 0.721. The van der Waals surface area contributed by atoms with Gasteiger partial charge in [-0.3, -0.25) is 4.79 Å². The van der Waals surface area contributed by atoms with Crippen molar-refractivity contribution in [1.29, 1.82) is 0 Å². The third-order valence-electron chi connectivity index (χ3n) is 3.03. The van der Waals surface area contributed by atoms with Gasteiger partial charge in [-0.15, -0.1) is 0 Å².